The molecule has 0 atom stereocenters. The molecule has 0 unspecified atom stereocenters. The zero-order valence-electron chi connectivity index (χ0n) is 13.0. The van der Waals surface area contributed by atoms with E-state index in [0.29, 0.717) is 6.54 Å². The van der Waals surface area contributed by atoms with Crippen LogP contribution in [0.2, 0.25) is 0 Å². The largest absolute Gasteiger partial charge is 0.312 e. The number of hydrogen-bond acceptors (Lipinski definition) is 2. The minimum Gasteiger partial charge on any atom is -0.312 e. The van der Waals surface area contributed by atoms with E-state index in [1.165, 1.54) is 30.5 Å². The summed E-state index contributed by atoms with van der Waals surface area (Å²) >= 11 is 0. The van der Waals surface area contributed by atoms with Crippen LogP contribution in [0.5, 0.6) is 0 Å². The molecule has 0 saturated carbocycles. The molecule has 0 amide bonds. The second-order valence-corrected chi connectivity index (χ2v) is 5.84. The molecule has 1 aromatic heterocycles. The molecule has 0 radical (unpaired) electrons. The quantitative estimate of drug-likeness (QED) is 0.741. The molecule has 3 nitrogen and oxygen atoms in total. The maximum Gasteiger partial charge on any atom is 0.255 e. The molecule has 1 N–H and O–H groups in total. The van der Waals surface area contributed by atoms with Gasteiger partial charge in [0, 0.05) is 24.3 Å². The minimum absolute atomic E-state index is 0.241. The number of unbranched alkanes of at least 4 members (excludes halogenated alkanes) is 2. The molecule has 0 fully saturated rings. The number of pyridine rings is 1. The van der Waals surface area contributed by atoms with Crippen LogP contribution in [0.1, 0.15) is 62.8 Å². The van der Waals surface area contributed by atoms with Crippen LogP contribution in [-0.4, -0.2) is 11.1 Å². The Kier molecular flexibility index (Phi) is 5.84. The summed E-state index contributed by atoms with van der Waals surface area (Å²) < 4.78 is 2.07. The van der Waals surface area contributed by atoms with E-state index in [0.717, 1.165) is 44.3 Å². The SMILES string of the molecule is CCCCCn1c2c(cc(CNCCC)c1=O)CCC2. The highest BCUT2D eigenvalue weighted by molar-refractivity contribution is 5.30. The van der Waals surface area contributed by atoms with Crippen LogP contribution in [0.3, 0.4) is 0 Å². The van der Waals surface area contributed by atoms with Crippen LogP contribution in [0.25, 0.3) is 0 Å². The van der Waals surface area contributed by atoms with Crippen LogP contribution in [0.4, 0.5) is 0 Å². The number of aromatic nitrogens is 1. The van der Waals surface area contributed by atoms with Gasteiger partial charge in [0.2, 0.25) is 0 Å². The lowest BCUT2D eigenvalue weighted by Crippen LogP contribution is -2.30. The van der Waals surface area contributed by atoms with Crippen molar-refractivity contribution in [1.82, 2.24) is 9.88 Å². The van der Waals surface area contributed by atoms with Gasteiger partial charge in [-0.1, -0.05) is 26.7 Å². The first kappa shape index (κ1) is 15.3. The Morgan fingerprint density at radius 3 is 2.80 bits per heavy atom. The van der Waals surface area contributed by atoms with Crippen molar-refractivity contribution >= 4 is 0 Å². The van der Waals surface area contributed by atoms with E-state index in [9.17, 15) is 4.79 Å². The third-order valence-electron chi connectivity index (χ3n) is 4.15. The van der Waals surface area contributed by atoms with E-state index in [4.69, 9.17) is 0 Å². The Morgan fingerprint density at radius 1 is 1.20 bits per heavy atom. The van der Waals surface area contributed by atoms with Gasteiger partial charge in [-0.2, -0.15) is 0 Å². The number of nitrogens with one attached hydrogen (secondary N) is 1. The van der Waals surface area contributed by atoms with E-state index in [2.05, 4.69) is 29.8 Å². The Labute approximate surface area is 122 Å². The fourth-order valence-electron chi connectivity index (χ4n) is 3.07. The molecular formula is C17H28N2O. The summed E-state index contributed by atoms with van der Waals surface area (Å²) in [6, 6.07) is 2.16. The van der Waals surface area contributed by atoms with E-state index in [1.54, 1.807) is 0 Å². The normalized spacial score (nSPS) is 13.7. The van der Waals surface area contributed by atoms with Crippen LogP contribution in [0.15, 0.2) is 10.9 Å². The lowest BCUT2D eigenvalue weighted by molar-refractivity contribution is 0.561. The summed E-state index contributed by atoms with van der Waals surface area (Å²) in [5, 5.41) is 3.36. The third-order valence-corrected chi connectivity index (χ3v) is 4.15. The summed E-state index contributed by atoms with van der Waals surface area (Å²) in [4.78, 5) is 12.6. The van der Waals surface area contributed by atoms with Crippen LogP contribution >= 0.6 is 0 Å². The van der Waals surface area contributed by atoms with Crippen molar-refractivity contribution in [1.29, 1.82) is 0 Å². The molecule has 0 saturated heterocycles. The van der Waals surface area contributed by atoms with Gasteiger partial charge in [0.05, 0.1) is 0 Å². The van der Waals surface area contributed by atoms with Crippen molar-refractivity contribution < 1.29 is 0 Å². The molecule has 1 aliphatic rings. The molecule has 0 aromatic carbocycles. The Balaban J connectivity index is 2.21. The van der Waals surface area contributed by atoms with E-state index in [1.807, 2.05) is 0 Å². The standard InChI is InChI=1S/C17H28N2O/c1-3-5-6-11-19-16-9-7-8-14(16)12-15(17(19)20)13-18-10-4-2/h12,18H,3-11,13H2,1-2H3. The van der Waals surface area contributed by atoms with Gasteiger partial charge in [0.25, 0.3) is 5.56 Å². The zero-order valence-corrected chi connectivity index (χ0v) is 13.0. The molecule has 2 rings (SSSR count). The fourth-order valence-corrected chi connectivity index (χ4v) is 3.07. The first-order chi connectivity index (χ1) is 9.77. The van der Waals surface area contributed by atoms with Crippen molar-refractivity contribution in [2.24, 2.45) is 0 Å². The second-order valence-electron chi connectivity index (χ2n) is 5.84. The summed E-state index contributed by atoms with van der Waals surface area (Å²) in [6.07, 6.45) is 8.07. The highest BCUT2D eigenvalue weighted by Crippen LogP contribution is 2.21. The number of nitrogens with zero attached hydrogens (tertiary/aromatic N) is 1. The number of fused-ring (bicyclic) bond motifs is 1. The summed E-state index contributed by atoms with van der Waals surface area (Å²) in [5.41, 5.74) is 3.92. The van der Waals surface area contributed by atoms with Gasteiger partial charge >= 0.3 is 0 Å². The average Bonchev–Trinajstić information content (AvgIpc) is 2.90. The maximum atomic E-state index is 12.6. The Hall–Kier alpha value is -1.09. The molecule has 1 heterocycles. The van der Waals surface area contributed by atoms with Gasteiger partial charge in [0.1, 0.15) is 0 Å². The van der Waals surface area contributed by atoms with Gasteiger partial charge in [-0.25, -0.2) is 0 Å². The Morgan fingerprint density at radius 2 is 2.05 bits per heavy atom. The first-order valence-electron chi connectivity index (χ1n) is 8.23. The van der Waals surface area contributed by atoms with Crippen LogP contribution in [-0.2, 0) is 25.9 Å². The molecule has 1 aliphatic carbocycles. The minimum atomic E-state index is 0.241. The highest BCUT2D eigenvalue weighted by atomic mass is 16.1. The number of aryl methyl sites for hydroxylation is 1. The number of hydrogen-bond donors (Lipinski definition) is 1. The smallest absolute Gasteiger partial charge is 0.255 e. The molecular weight excluding hydrogens is 248 g/mol. The molecule has 0 bridgehead atoms. The predicted molar refractivity (Wildman–Crippen MR) is 84.2 cm³/mol. The Bertz CT molecular complexity index is 490. The summed E-state index contributed by atoms with van der Waals surface area (Å²) in [5.74, 6) is 0. The van der Waals surface area contributed by atoms with Crippen LogP contribution < -0.4 is 10.9 Å². The predicted octanol–water partition coefficient (Wildman–Crippen LogP) is 3.03. The molecule has 3 heteroatoms. The maximum absolute atomic E-state index is 12.6. The second kappa shape index (κ2) is 7.63. The van der Waals surface area contributed by atoms with Gasteiger partial charge < -0.3 is 9.88 Å². The van der Waals surface area contributed by atoms with Crippen LogP contribution in [0, 0.1) is 0 Å². The van der Waals surface area contributed by atoms with Crippen molar-refractivity contribution in [2.75, 3.05) is 6.54 Å². The van der Waals surface area contributed by atoms with Gasteiger partial charge in [0.15, 0.2) is 0 Å². The third kappa shape index (κ3) is 3.51. The molecule has 112 valence electrons. The lowest BCUT2D eigenvalue weighted by atomic mass is 10.1. The fraction of sp³-hybridized carbons (Fsp3) is 0.706. The van der Waals surface area contributed by atoms with Gasteiger partial charge in [-0.15, -0.1) is 0 Å². The zero-order chi connectivity index (χ0) is 14.4. The van der Waals surface area contributed by atoms with Crippen molar-refractivity contribution in [3.63, 3.8) is 0 Å². The average molecular weight is 276 g/mol. The van der Waals surface area contributed by atoms with Crippen molar-refractivity contribution in [3.8, 4) is 0 Å². The molecule has 1 aromatic rings. The van der Waals surface area contributed by atoms with Crippen molar-refractivity contribution in [3.05, 3.63) is 33.2 Å². The topological polar surface area (TPSA) is 34.0 Å². The molecule has 20 heavy (non-hydrogen) atoms. The summed E-state index contributed by atoms with van der Waals surface area (Å²) in [7, 11) is 0. The lowest BCUT2D eigenvalue weighted by Gasteiger charge is -2.15. The van der Waals surface area contributed by atoms with Gasteiger partial charge in [-0.3, -0.25) is 4.79 Å². The first-order valence-corrected chi connectivity index (χ1v) is 8.23. The summed E-state index contributed by atoms with van der Waals surface area (Å²) in [6.45, 7) is 6.95. The van der Waals surface area contributed by atoms with Crippen molar-refractivity contribution in [2.45, 2.75) is 71.9 Å². The molecule has 0 spiro atoms. The van der Waals surface area contributed by atoms with E-state index >= 15 is 0 Å². The van der Waals surface area contributed by atoms with Gasteiger partial charge in [-0.05, 0) is 50.3 Å². The highest BCUT2D eigenvalue weighted by Gasteiger charge is 2.18. The van der Waals surface area contributed by atoms with E-state index < -0.39 is 0 Å². The monoisotopic (exact) mass is 276 g/mol. The number of rotatable bonds is 8. The molecule has 0 aliphatic heterocycles. The van der Waals surface area contributed by atoms with E-state index in [-0.39, 0.29) is 5.56 Å².